The Kier molecular flexibility index (Phi) is 6.37. The van der Waals surface area contributed by atoms with Gasteiger partial charge in [0.1, 0.15) is 0 Å². The molecule has 2 amide bonds. The number of fused-ring (bicyclic) bond motifs is 2. The Morgan fingerprint density at radius 1 is 1.11 bits per heavy atom. The van der Waals surface area contributed by atoms with E-state index in [-0.39, 0.29) is 11.8 Å². The number of carbonyl (C=O) groups is 2. The zero-order chi connectivity index (χ0) is 19.4. The molecule has 1 aromatic carbocycles. The van der Waals surface area contributed by atoms with Crippen molar-refractivity contribution in [3.63, 3.8) is 0 Å². The molecule has 2 saturated heterocycles. The molecule has 2 N–H and O–H groups in total. The van der Waals surface area contributed by atoms with E-state index in [2.05, 4.69) is 29.2 Å². The summed E-state index contributed by atoms with van der Waals surface area (Å²) in [4.78, 5) is 28.6. The summed E-state index contributed by atoms with van der Waals surface area (Å²) in [5, 5.41) is 0. The predicted molar refractivity (Wildman–Crippen MR) is 104 cm³/mol. The third-order valence-corrected chi connectivity index (χ3v) is 5.44. The summed E-state index contributed by atoms with van der Waals surface area (Å²) in [6, 6.07) is 10.5. The summed E-state index contributed by atoms with van der Waals surface area (Å²) in [7, 11) is 0. The van der Waals surface area contributed by atoms with Gasteiger partial charge in [-0.2, -0.15) is 0 Å². The molecular formula is C21H31N3O3. The van der Waals surface area contributed by atoms with Crippen LogP contribution >= 0.6 is 0 Å². The Morgan fingerprint density at radius 2 is 1.74 bits per heavy atom. The van der Waals surface area contributed by atoms with Crippen molar-refractivity contribution in [3.05, 3.63) is 35.9 Å². The van der Waals surface area contributed by atoms with Crippen molar-refractivity contribution in [1.29, 1.82) is 0 Å². The number of piperidine rings is 2. The van der Waals surface area contributed by atoms with Gasteiger partial charge in [-0.3, -0.25) is 9.69 Å². The minimum Gasteiger partial charge on any atom is -0.436 e. The average Bonchev–Trinajstić information content (AvgIpc) is 2.60. The first-order valence-corrected chi connectivity index (χ1v) is 9.92. The van der Waals surface area contributed by atoms with Gasteiger partial charge in [-0.25, -0.2) is 4.79 Å². The van der Waals surface area contributed by atoms with Crippen LogP contribution in [0, 0.1) is 17.8 Å². The second kappa shape index (κ2) is 8.74. The highest BCUT2D eigenvalue weighted by Gasteiger charge is 2.38. The van der Waals surface area contributed by atoms with Crippen molar-refractivity contribution in [1.82, 2.24) is 9.80 Å². The molecule has 2 fully saturated rings. The van der Waals surface area contributed by atoms with E-state index in [0.29, 0.717) is 18.3 Å². The maximum atomic E-state index is 13.0. The van der Waals surface area contributed by atoms with E-state index in [1.165, 1.54) is 12.0 Å². The lowest BCUT2D eigenvalue weighted by Gasteiger charge is -2.46. The molecule has 2 aliphatic rings. The van der Waals surface area contributed by atoms with Crippen molar-refractivity contribution in [2.75, 3.05) is 26.2 Å². The summed E-state index contributed by atoms with van der Waals surface area (Å²) in [6.45, 7) is 8.45. The number of amides is 2. The number of hydrogen-bond donors (Lipinski definition) is 1. The molecule has 3 rings (SSSR count). The fourth-order valence-corrected chi connectivity index (χ4v) is 4.51. The lowest BCUT2D eigenvalue weighted by atomic mass is 9.84. The SMILES string of the molecule is CC(C)C[C@H](OC(N)=O)C(=O)N1CC2CC(CN(Cc3ccccc3)C2)C1. The minimum atomic E-state index is -0.875. The number of nitrogens with zero attached hydrogens (tertiary/aromatic N) is 2. The summed E-state index contributed by atoms with van der Waals surface area (Å²) in [5.74, 6) is 1.11. The van der Waals surface area contributed by atoms with Gasteiger partial charge in [-0.05, 0) is 36.2 Å². The molecule has 2 aliphatic heterocycles. The summed E-state index contributed by atoms with van der Waals surface area (Å²) < 4.78 is 5.14. The van der Waals surface area contributed by atoms with Crippen LogP contribution in [0.2, 0.25) is 0 Å². The Bertz CT molecular complexity index is 635. The first-order chi connectivity index (χ1) is 12.9. The molecule has 0 saturated carbocycles. The van der Waals surface area contributed by atoms with Gasteiger partial charge in [0.2, 0.25) is 0 Å². The Morgan fingerprint density at radius 3 is 2.30 bits per heavy atom. The van der Waals surface area contributed by atoms with Crippen LogP contribution in [0.1, 0.15) is 32.3 Å². The highest BCUT2D eigenvalue weighted by atomic mass is 16.6. The third-order valence-electron chi connectivity index (χ3n) is 5.44. The van der Waals surface area contributed by atoms with Gasteiger partial charge < -0.3 is 15.4 Å². The van der Waals surface area contributed by atoms with Crippen molar-refractivity contribution in [2.45, 2.75) is 39.3 Å². The normalized spacial score (nSPS) is 23.9. The maximum absolute atomic E-state index is 13.0. The fourth-order valence-electron chi connectivity index (χ4n) is 4.51. The molecule has 0 spiro atoms. The van der Waals surface area contributed by atoms with Crippen LogP contribution < -0.4 is 5.73 Å². The number of primary amides is 1. The van der Waals surface area contributed by atoms with E-state index < -0.39 is 12.2 Å². The number of likely N-dealkylation sites (tertiary alicyclic amines) is 2. The van der Waals surface area contributed by atoms with Gasteiger partial charge in [0.05, 0.1) is 0 Å². The van der Waals surface area contributed by atoms with Crippen LogP contribution in [-0.2, 0) is 16.1 Å². The first kappa shape index (κ1) is 19.7. The fraction of sp³-hybridized carbons (Fsp3) is 0.619. The topological polar surface area (TPSA) is 75.9 Å². The average molecular weight is 373 g/mol. The first-order valence-electron chi connectivity index (χ1n) is 9.92. The van der Waals surface area contributed by atoms with Gasteiger partial charge in [-0.15, -0.1) is 0 Å². The van der Waals surface area contributed by atoms with E-state index in [1.54, 1.807) is 0 Å². The van der Waals surface area contributed by atoms with Gasteiger partial charge in [0.25, 0.3) is 5.91 Å². The minimum absolute atomic E-state index is 0.0892. The molecule has 2 unspecified atom stereocenters. The zero-order valence-electron chi connectivity index (χ0n) is 16.3. The molecule has 6 nitrogen and oxygen atoms in total. The van der Waals surface area contributed by atoms with Crippen molar-refractivity contribution in [3.8, 4) is 0 Å². The summed E-state index contributed by atoms with van der Waals surface area (Å²) in [5.41, 5.74) is 6.51. The zero-order valence-corrected chi connectivity index (χ0v) is 16.3. The van der Waals surface area contributed by atoms with E-state index in [1.807, 2.05) is 24.8 Å². The smallest absolute Gasteiger partial charge is 0.405 e. The van der Waals surface area contributed by atoms with E-state index in [4.69, 9.17) is 10.5 Å². The van der Waals surface area contributed by atoms with Crippen LogP contribution in [0.5, 0.6) is 0 Å². The van der Waals surface area contributed by atoms with Gasteiger partial charge in [-0.1, -0.05) is 44.2 Å². The Hall–Kier alpha value is -2.08. The Balaban J connectivity index is 1.60. The molecule has 0 aliphatic carbocycles. The molecule has 2 heterocycles. The number of rotatable bonds is 6. The molecule has 0 radical (unpaired) electrons. The predicted octanol–water partition coefficient (Wildman–Crippen LogP) is 2.48. The maximum Gasteiger partial charge on any atom is 0.405 e. The van der Waals surface area contributed by atoms with Crippen LogP contribution in [0.3, 0.4) is 0 Å². The number of ether oxygens (including phenoxy) is 1. The van der Waals surface area contributed by atoms with Crippen molar-refractivity contribution in [2.24, 2.45) is 23.5 Å². The van der Waals surface area contributed by atoms with Gasteiger partial charge in [0.15, 0.2) is 6.10 Å². The largest absolute Gasteiger partial charge is 0.436 e. The summed E-state index contributed by atoms with van der Waals surface area (Å²) >= 11 is 0. The second-order valence-corrected chi connectivity index (χ2v) is 8.45. The molecule has 1 aromatic rings. The van der Waals surface area contributed by atoms with Crippen molar-refractivity contribution >= 4 is 12.0 Å². The van der Waals surface area contributed by atoms with Gasteiger partial charge >= 0.3 is 6.09 Å². The van der Waals surface area contributed by atoms with Crippen LogP contribution in [0.4, 0.5) is 4.79 Å². The van der Waals surface area contributed by atoms with Crippen molar-refractivity contribution < 1.29 is 14.3 Å². The third kappa shape index (κ3) is 5.45. The molecule has 0 aromatic heterocycles. The molecule has 6 heteroatoms. The Labute approximate surface area is 161 Å². The number of nitrogens with two attached hydrogens (primary N) is 1. The second-order valence-electron chi connectivity index (χ2n) is 8.45. The lowest BCUT2D eigenvalue weighted by molar-refractivity contribution is -0.145. The van der Waals surface area contributed by atoms with Crippen LogP contribution in [0.25, 0.3) is 0 Å². The van der Waals surface area contributed by atoms with Crippen LogP contribution in [-0.4, -0.2) is 54.1 Å². The van der Waals surface area contributed by atoms with Gasteiger partial charge in [0, 0.05) is 32.7 Å². The van der Waals surface area contributed by atoms with Crippen LogP contribution in [0.15, 0.2) is 30.3 Å². The number of benzene rings is 1. The quantitative estimate of drug-likeness (QED) is 0.831. The molecular weight excluding hydrogens is 342 g/mol. The van der Waals surface area contributed by atoms with E-state index in [0.717, 1.165) is 32.7 Å². The molecule has 27 heavy (non-hydrogen) atoms. The molecule has 2 bridgehead atoms. The standard InChI is InChI=1S/C21H31N3O3/c1-15(2)8-19(27-21(22)26)20(25)24-13-17-9-18(14-24)12-23(11-17)10-16-6-4-3-5-7-16/h3-7,15,17-19H,8-14H2,1-2H3,(H2,22,26)/t17?,18?,19-/m0/s1. The summed E-state index contributed by atoms with van der Waals surface area (Å²) in [6.07, 6.45) is 0.0379. The monoisotopic (exact) mass is 373 g/mol. The highest BCUT2D eigenvalue weighted by Crippen LogP contribution is 2.30. The molecule has 3 atom stereocenters. The number of hydrogen-bond acceptors (Lipinski definition) is 4. The number of carbonyl (C=O) groups excluding carboxylic acids is 2. The lowest BCUT2D eigenvalue weighted by Crippen LogP contribution is -2.56. The molecule has 148 valence electrons. The van der Waals surface area contributed by atoms with E-state index >= 15 is 0 Å². The highest BCUT2D eigenvalue weighted by molar-refractivity contribution is 5.83. The van der Waals surface area contributed by atoms with E-state index in [9.17, 15) is 9.59 Å².